The first-order valence-corrected chi connectivity index (χ1v) is 5.24. The monoisotopic (exact) mass is 237 g/mol. The van der Waals surface area contributed by atoms with Crippen molar-refractivity contribution >= 4 is 5.91 Å². The van der Waals surface area contributed by atoms with E-state index in [4.69, 9.17) is 6.42 Å². The van der Waals surface area contributed by atoms with Gasteiger partial charge in [0.25, 0.3) is 0 Å². The molecule has 0 radical (unpaired) electrons. The number of benzene rings is 1. The van der Waals surface area contributed by atoms with Crippen LogP contribution in [0.4, 0.5) is 8.78 Å². The average Bonchev–Trinajstić information content (AvgIpc) is 2.30. The number of hydrogen-bond acceptors (Lipinski definition) is 1. The summed E-state index contributed by atoms with van der Waals surface area (Å²) in [6.07, 6.45) is 4.79. The summed E-state index contributed by atoms with van der Waals surface area (Å²) in [5, 5.41) is 0. The molecule has 0 N–H and O–H groups in total. The molecule has 0 unspecified atom stereocenters. The molecule has 0 fully saturated rings. The fourth-order valence-electron chi connectivity index (χ4n) is 1.45. The van der Waals surface area contributed by atoms with Gasteiger partial charge in [0.15, 0.2) is 0 Å². The number of halogens is 2. The van der Waals surface area contributed by atoms with Gasteiger partial charge in [0.05, 0.1) is 13.0 Å². The molecule has 0 aromatic heterocycles. The fourth-order valence-corrected chi connectivity index (χ4v) is 1.45. The Morgan fingerprint density at radius 3 is 2.47 bits per heavy atom. The summed E-state index contributed by atoms with van der Waals surface area (Å²) in [4.78, 5) is 13.1. The van der Waals surface area contributed by atoms with E-state index in [1.165, 1.54) is 11.0 Å². The van der Waals surface area contributed by atoms with E-state index >= 15 is 0 Å². The van der Waals surface area contributed by atoms with E-state index in [1.807, 2.05) is 0 Å². The van der Waals surface area contributed by atoms with E-state index in [2.05, 4.69) is 5.92 Å². The second kappa shape index (κ2) is 6.00. The zero-order chi connectivity index (χ0) is 12.8. The molecule has 90 valence electrons. The zero-order valence-electron chi connectivity index (χ0n) is 9.54. The minimum Gasteiger partial charge on any atom is -0.332 e. The molecule has 0 atom stereocenters. The summed E-state index contributed by atoms with van der Waals surface area (Å²) in [6, 6.07) is 3.52. The predicted molar refractivity (Wildman–Crippen MR) is 61.1 cm³/mol. The van der Waals surface area contributed by atoms with Crippen LogP contribution in [0.2, 0.25) is 0 Å². The van der Waals surface area contributed by atoms with Crippen LogP contribution in [-0.4, -0.2) is 23.9 Å². The first-order valence-electron chi connectivity index (χ1n) is 5.24. The largest absolute Gasteiger partial charge is 0.332 e. The van der Waals surface area contributed by atoms with Gasteiger partial charge in [-0.1, -0.05) is 12.0 Å². The van der Waals surface area contributed by atoms with Crippen molar-refractivity contribution in [3.8, 4) is 12.3 Å². The van der Waals surface area contributed by atoms with Crippen molar-refractivity contribution in [3.63, 3.8) is 0 Å². The Morgan fingerprint density at radius 1 is 1.41 bits per heavy atom. The Kier molecular flexibility index (Phi) is 4.65. The second-order valence-electron chi connectivity index (χ2n) is 3.49. The maximum atomic E-state index is 13.3. The maximum Gasteiger partial charge on any atom is 0.227 e. The fraction of sp³-hybridized carbons (Fsp3) is 0.308. The molecule has 0 aliphatic heterocycles. The number of rotatable bonds is 4. The lowest BCUT2D eigenvalue weighted by Gasteiger charge is -2.18. The van der Waals surface area contributed by atoms with E-state index in [0.717, 1.165) is 12.1 Å². The second-order valence-corrected chi connectivity index (χ2v) is 3.49. The minimum absolute atomic E-state index is 0.144. The number of likely N-dealkylation sites (N-methyl/N-ethyl adjacent to an activating group) is 1. The molecule has 0 saturated heterocycles. The predicted octanol–water partition coefficient (Wildman–Crippen LogP) is 1.99. The summed E-state index contributed by atoms with van der Waals surface area (Å²) < 4.78 is 26.6. The molecule has 0 bridgehead atoms. The van der Waals surface area contributed by atoms with Crippen molar-refractivity contribution in [2.24, 2.45) is 0 Å². The van der Waals surface area contributed by atoms with E-state index in [1.54, 1.807) is 6.92 Å². The molecule has 1 amide bonds. The SMILES string of the molecule is C#CCN(CC)C(=O)Cc1c(F)cccc1F. The highest BCUT2D eigenvalue weighted by Crippen LogP contribution is 2.13. The first-order chi connectivity index (χ1) is 8.10. The lowest BCUT2D eigenvalue weighted by Crippen LogP contribution is -2.32. The van der Waals surface area contributed by atoms with Crippen molar-refractivity contribution in [2.75, 3.05) is 13.1 Å². The molecule has 1 aromatic rings. The van der Waals surface area contributed by atoms with Gasteiger partial charge in [-0.05, 0) is 19.1 Å². The summed E-state index contributed by atoms with van der Waals surface area (Å²) in [5.41, 5.74) is -0.215. The number of carbonyl (C=O) groups excluding carboxylic acids is 1. The molecule has 0 heterocycles. The highest BCUT2D eigenvalue weighted by Gasteiger charge is 2.16. The summed E-state index contributed by atoms with van der Waals surface area (Å²) >= 11 is 0. The Hall–Kier alpha value is -1.89. The van der Waals surface area contributed by atoms with E-state index in [-0.39, 0.29) is 24.4 Å². The highest BCUT2D eigenvalue weighted by molar-refractivity contribution is 5.79. The summed E-state index contributed by atoms with van der Waals surface area (Å²) in [7, 11) is 0. The Morgan fingerprint density at radius 2 is 2.00 bits per heavy atom. The molecule has 1 aromatic carbocycles. The molecule has 2 nitrogen and oxygen atoms in total. The van der Waals surface area contributed by atoms with Crippen LogP contribution in [0, 0.1) is 24.0 Å². The quantitative estimate of drug-likeness (QED) is 0.733. The smallest absolute Gasteiger partial charge is 0.227 e. The molecule has 17 heavy (non-hydrogen) atoms. The number of terminal acetylenes is 1. The van der Waals surface area contributed by atoms with Gasteiger partial charge < -0.3 is 4.90 Å². The van der Waals surface area contributed by atoms with Crippen molar-refractivity contribution in [1.82, 2.24) is 4.90 Å². The van der Waals surface area contributed by atoms with Gasteiger partial charge in [-0.15, -0.1) is 6.42 Å². The van der Waals surface area contributed by atoms with E-state index in [0.29, 0.717) is 6.54 Å². The number of carbonyl (C=O) groups is 1. The van der Waals surface area contributed by atoms with Gasteiger partial charge >= 0.3 is 0 Å². The van der Waals surface area contributed by atoms with Crippen LogP contribution in [0.5, 0.6) is 0 Å². The summed E-state index contributed by atoms with van der Waals surface area (Å²) in [6.45, 7) is 2.32. The van der Waals surface area contributed by atoms with Gasteiger partial charge in [-0.25, -0.2) is 8.78 Å². The molecule has 4 heteroatoms. The average molecular weight is 237 g/mol. The van der Waals surface area contributed by atoms with Crippen LogP contribution >= 0.6 is 0 Å². The third kappa shape index (κ3) is 3.28. The van der Waals surface area contributed by atoms with Crippen LogP contribution in [0.3, 0.4) is 0 Å². The minimum atomic E-state index is -0.713. The lowest BCUT2D eigenvalue weighted by atomic mass is 10.1. The van der Waals surface area contributed by atoms with Crippen LogP contribution in [-0.2, 0) is 11.2 Å². The standard InChI is InChI=1S/C13H13F2NO/c1-3-8-16(4-2)13(17)9-10-11(14)6-5-7-12(10)15/h1,5-7H,4,8-9H2,2H3. The van der Waals surface area contributed by atoms with Gasteiger partial charge in [0, 0.05) is 12.1 Å². The molecule has 0 spiro atoms. The summed E-state index contributed by atoms with van der Waals surface area (Å²) in [5.74, 6) is 0.526. The van der Waals surface area contributed by atoms with Crippen molar-refractivity contribution in [1.29, 1.82) is 0 Å². The lowest BCUT2D eigenvalue weighted by molar-refractivity contribution is -0.129. The molecule has 0 saturated carbocycles. The normalized spacial score (nSPS) is 9.76. The Bertz CT molecular complexity index is 431. The molecule has 1 rings (SSSR count). The maximum absolute atomic E-state index is 13.3. The van der Waals surface area contributed by atoms with Crippen molar-refractivity contribution in [3.05, 3.63) is 35.4 Å². The third-order valence-electron chi connectivity index (χ3n) is 2.41. The van der Waals surface area contributed by atoms with Gasteiger partial charge in [-0.3, -0.25) is 4.79 Å². The Balaban J connectivity index is 2.84. The van der Waals surface area contributed by atoms with Crippen molar-refractivity contribution in [2.45, 2.75) is 13.3 Å². The van der Waals surface area contributed by atoms with Gasteiger partial charge in [-0.2, -0.15) is 0 Å². The molecule has 0 aliphatic carbocycles. The van der Waals surface area contributed by atoms with Gasteiger partial charge in [0.1, 0.15) is 11.6 Å². The third-order valence-corrected chi connectivity index (χ3v) is 2.41. The van der Waals surface area contributed by atoms with Crippen LogP contribution in [0.15, 0.2) is 18.2 Å². The number of hydrogen-bond donors (Lipinski definition) is 0. The van der Waals surface area contributed by atoms with Gasteiger partial charge in [0.2, 0.25) is 5.91 Å². The molecule has 0 aliphatic rings. The van der Waals surface area contributed by atoms with E-state index < -0.39 is 11.6 Å². The highest BCUT2D eigenvalue weighted by atomic mass is 19.1. The molecular formula is C13H13F2NO. The number of nitrogens with zero attached hydrogens (tertiary/aromatic N) is 1. The van der Waals surface area contributed by atoms with Crippen LogP contribution in [0.1, 0.15) is 12.5 Å². The first kappa shape index (κ1) is 13.2. The number of amides is 1. The van der Waals surface area contributed by atoms with Crippen molar-refractivity contribution < 1.29 is 13.6 Å². The molecular weight excluding hydrogens is 224 g/mol. The topological polar surface area (TPSA) is 20.3 Å². The van der Waals surface area contributed by atoms with Crippen LogP contribution in [0.25, 0.3) is 0 Å². The Labute approximate surface area is 99.2 Å². The zero-order valence-corrected chi connectivity index (χ0v) is 9.54. The van der Waals surface area contributed by atoms with Crippen LogP contribution < -0.4 is 0 Å². The van der Waals surface area contributed by atoms with E-state index in [9.17, 15) is 13.6 Å².